The lowest BCUT2D eigenvalue weighted by Gasteiger charge is -2.24. The van der Waals surface area contributed by atoms with Gasteiger partial charge in [-0.2, -0.15) is 0 Å². The van der Waals surface area contributed by atoms with Crippen molar-refractivity contribution >= 4 is 56.9 Å². The number of hydrogen-bond acceptors (Lipinski definition) is 7. The van der Waals surface area contributed by atoms with Crippen molar-refractivity contribution in [1.29, 1.82) is 0 Å². The Kier molecular flexibility index (Phi) is 9.97. The summed E-state index contributed by atoms with van der Waals surface area (Å²) in [4.78, 5) is 57.0. The zero-order valence-electron chi connectivity index (χ0n) is 22.9. The van der Waals surface area contributed by atoms with Crippen LogP contribution in [-0.2, 0) is 14.3 Å². The number of methoxy groups -OCH3 is 1. The molecule has 3 aromatic rings. The third-order valence-electron chi connectivity index (χ3n) is 6.36. The van der Waals surface area contributed by atoms with E-state index in [-0.39, 0.29) is 48.2 Å². The number of aromatic nitrogens is 2. The van der Waals surface area contributed by atoms with Gasteiger partial charge in [0.05, 0.1) is 29.1 Å². The van der Waals surface area contributed by atoms with Crippen LogP contribution < -0.4 is 16.2 Å². The number of esters is 1. The number of pyridine rings is 2. The SMILES string of the molecule is CO[C@@H]1C[C@H](C(=O)Nc2ccc(-n3cc(Br)cc(C(=O)OCC(C)C)c3=O)cc2F)N(C(=O)Nc2ccc(Cl)cn2)C1. The van der Waals surface area contributed by atoms with Crippen LogP contribution in [0.2, 0.25) is 5.02 Å². The Morgan fingerprint density at radius 2 is 1.95 bits per heavy atom. The minimum Gasteiger partial charge on any atom is -0.462 e. The normalized spacial score (nSPS) is 16.4. The molecule has 1 fully saturated rings. The zero-order valence-corrected chi connectivity index (χ0v) is 25.2. The Labute approximate surface area is 254 Å². The average Bonchev–Trinajstić information content (AvgIpc) is 3.40. The molecule has 1 aliphatic heterocycles. The van der Waals surface area contributed by atoms with E-state index >= 15 is 4.39 Å². The maximum Gasteiger partial charge on any atom is 0.343 e. The number of anilines is 2. The predicted octanol–water partition coefficient (Wildman–Crippen LogP) is 4.86. The summed E-state index contributed by atoms with van der Waals surface area (Å²) in [6, 6.07) is 6.62. The summed E-state index contributed by atoms with van der Waals surface area (Å²) in [7, 11) is 1.47. The van der Waals surface area contributed by atoms with Gasteiger partial charge < -0.3 is 19.7 Å². The number of benzene rings is 1. The van der Waals surface area contributed by atoms with E-state index in [1.807, 2.05) is 13.8 Å². The van der Waals surface area contributed by atoms with Crippen molar-refractivity contribution in [2.45, 2.75) is 32.4 Å². The van der Waals surface area contributed by atoms with Gasteiger partial charge in [0.15, 0.2) is 0 Å². The summed E-state index contributed by atoms with van der Waals surface area (Å²) in [5.74, 6) is -1.94. The van der Waals surface area contributed by atoms with E-state index in [9.17, 15) is 19.2 Å². The number of halogens is 3. The van der Waals surface area contributed by atoms with Gasteiger partial charge in [0.25, 0.3) is 5.56 Å². The second kappa shape index (κ2) is 13.4. The Morgan fingerprint density at radius 1 is 1.19 bits per heavy atom. The van der Waals surface area contributed by atoms with Crippen molar-refractivity contribution in [3.8, 4) is 5.69 Å². The van der Waals surface area contributed by atoms with Crippen LogP contribution in [-0.4, -0.2) is 64.8 Å². The van der Waals surface area contributed by atoms with E-state index in [2.05, 4.69) is 31.5 Å². The molecule has 0 radical (unpaired) electrons. The van der Waals surface area contributed by atoms with Crippen LogP contribution >= 0.6 is 27.5 Å². The third kappa shape index (κ3) is 7.33. The lowest BCUT2D eigenvalue weighted by Crippen LogP contribution is -2.45. The number of hydrogen-bond donors (Lipinski definition) is 2. The molecule has 222 valence electrons. The van der Waals surface area contributed by atoms with E-state index in [0.29, 0.717) is 9.50 Å². The summed E-state index contributed by atoms with van der Waals surface area (Å²) in [5.41, 5.74) is -0.962. The first kappa shape index (κ1) is 31.1. The summed E-state index contributed by atoms with van der Waals surface area (Å²) >= 11 is 9.12. The van der Waals surface area contributed by atoms with Gasteiger partial charge in [-0.15, -0.1) is 0 Å². The minimum absolute atomic E-state index is 0.0757. The highest BCUT2D eigenvalue weighted by Gasteiger charge is 2.40. The number of likely N-dealkylation sites (tertiary alicyclic amines) is 1. The Hall–Kier alpha value is -3.81. The fraction of sp³-hybridized carbons (Fsp3) is 0.321. The Bertz CT molecular complexity index is 1550. The van der Waals surface area contributed by atoms with Gasteiger partial charge in [0, 0.05) is 43.0 Å². The zero-order chi connectivity index (χ0) is 30.6. The molecule has 42 heavy (non-hydrogen) atoms. The van der Waals surface area contributed by atoms with E-state index in [4.69, 9.17) is 21.1 Å². The van der Waals surface area contributed by atoms with E-state index in [1.54, 1.807) is 6.07 Å². The first-order valence-corrected chi connectivity index (χ1v) is 14.1. The van der Waals surface area contributed by atoms with Crippen LogP contribution in [0.5, 0.6) is 0 Å². The highest BCUT2D eigenvalue weighted by atomic mass is 79.9. The largest absolute Gasteiger partial charge is 0.462 e. The molecular formula is C28H28BrClFN5O6. The summed E-state index contributed by atoms with van der Waals surface area (Å²) < 4.78 is 27.3. The smallest absolute Gasteiger partial charge is 0.343 e. The van der Waals surface area contributed by atoms with Crippen molar-refractivity contribution in [3.05, 3.63) is 80.0 Å². The molecule has 1 aliphatic rings. The molecule has 3 amide bonds. The van der Waals surface area contributed by atoms with E-state index < -0.39 is 41.4 Å². The van der Waals surface area contributed by atoms with Crippen LogP contribution in [0.1, 0.15) is 30.6 Å². The molecule has 14 heteroatoms. The molecule has 11 nitrogen and oxygen atoms in total. The first-order valence-electron chi connectivity index (χ1n) is 12.9. The van der Waals surface area contributed by atoms with Gasteiger partial charge in [-0.05, 0) is 52.2 Å². The highest BCUT2D eigenvalue weighted by Crippen LogP contribution is 2.25. The standard InChI is InChI=1S/C28H28BrClFN5O6/c1-15(2)14-42-27(39)20-8-16(29)12-35(26(20)38)18-5-6-22(21(31)9-18)33-25(37)23-10-19(41-3)13-36(23)28(40)34-24-7-4-17(30)11-32-24/h4-9,11-12,15,19,23H,10,13-14H2,1-3H3,(H,33,37)(H,32,34,40)/t19-,23-/m1/s1. The molecule has 2 N–H and O–H groups in total. The molecule has 3 heterocycles. The van der Waals surface area contributed by atoms with Crippen LogP contribution in [0, 0.1) is 11.7 Å². The van der Waals surface area contributed by atoms with Gasteiger partial charge in [-0.3, -0.25) is 19.5 Å². The van der Waals surface area contributed by atoms with Crippen molar-refractivity contribution in [2.75, 3.05) is 30.9 Å². The van der Waals surface area contributed by atoms with Crippen molar-refractivity contribution in [1.82, 2.24) is 14.5 Å². The van der Waals surface area contributed by atoms with Crippen LogP contribution in [0.3, 0.4) is 0 Å². The molecule has 1 aromatic carbocycles. The van der Waals surface area contributed by atoms with Gasteiger partial charge >= 0.3 is 12.0 Å². The Balaban J connectivity index is 1.52. The topological polar surface area (TPSA) is 132 Å². The number of nitrogens with one attached hydrogen (secondary N) is 2. The fourth-order valence-electron chi connectivity index (χ4n) is 4.25. The van der Waals surface area contributed by atoms with Crippen molar-refractivity contribution < 1.29 is 28.2 Å². The monoisotopic (exact) mass is 663 g/mol. The second-order valence-electron chi connectivity index (χ2n) is 9.95. The molecule has 4 rings (SSSR count). The predicted molar refractivity (Wildman–Crippen MR) is 158 cm³/mol. The third-order valence-corrected chi connectivity index (χ3v) is 7.02. The number of amides is 3. The van der Waals surface area contributed by atoms with Crippen molar-refractivity contribution in [3.63, 3.8) is 0 Å². The number of ether oxygens (including phenoxy) is 2. The van der Waals surface area contributed by atoms with Gasteiger partial charge in [-0.1, -0.05) is 25.4 Å². The second-order valence-corrected chi connectivity index (χ2v) is 11.3. The number of nitrogens with zero attached hydrogens (tertiary/aromatic N) is 3. The van der Waals surface area contributed by atoms with Crippen molar-refractivity contribution in [2.24, 2.45) is 5.92 Å². The lowest BCUT2D eigenvalue weighted by atomic mass is 10.1. The fourth-order valence-corrected chi connectivity index (χ4v) is 4.80. The lowest BCUT2D eigenvalue weighted by molar-refractivity contribution is -0.119. The molecule has 0 spiro atoms. The molecule has 0 aliphatic carbocycles. The number of carbonyl (C=O) groups is 3. The van der Waals surface area contributed by atoms with Gasteiger partial charge in [0.1, 0.15) is 23.2 Å². The average molecular weight is 665 g/mol. The first-order chi connectivity index (χ1) is 20.0. The quantitative estimate of drug-likeness (QED) is 0.329. The molecule has 0 bridgehead atoms. The van der Waals surface area contributed by atoms with E-state index in [1.165, 1.54) is 48.7 Å². The number of carbonyl (C=O) groups excluding carboxylic acids is 3. The molecule has 2 aromatic heterocycles. The van der Waals surface area contributed by atoms with Gasteiger partial charge in [-0.25, -0.2) is 19.0 Å². The highest BCUT2D eigenvalue weighted by molar-refractivity contribution is 9.10. The van der Waals surface area contributed by atoms with Crippen LogP contribution in [0.25, 0.3) is 5.69 Å². The molecule has 1 saturated heterocycles. The number of urea groups is 1. The molecular weight excluding hydrogens is 637 g/mol. The minimum atomic E-state index is -0.964. The van der Waals surface area contributed by atoms with Crippen LogP contribution in [0.4, 0.5) is 20.7 Å². The summed E-state index contributed by atoms with van der Waals surface area (Å²) in [6.45, 7) is 3.99. The van der Waals surface area contributed by atoms with Gasteiger partial charge in [0.2, 0.25) is 5.91 Å². The maximum absolute atomic E-state index is 15.2. The van der Waals surface area contributed by atoms with Crippen LogP contribution in [0.15, 0.2) is 58.1 Å². The van der Waals surface area contributed by atoms with E-state index in [0.717, 1.165) is 10.6 Å². The summed E-state index contributed by atoms with van der Waals surface area (Å²) in [6.07, 6.45) is 2.54. The molecule has 2 atom stereocenters. The Morgan fingerprint density at radius 3 is 2.60 bits per heavy atom. The molecule has 0 saturated carbocycles. The summed E-state index contributed by atoms with van der Waals surface area (Å²) in [5, 5.41) is 5.53. The molecule has 0 unspecified atom stereocenters. The number of rotatable bonds is 8. The maximum atomic E-state index is 15.2.